The van der Waals surface area contributed by atoms with Crippen LogP contribution in [-0.4, -0.2) is 68.6 Å². The maximum Gasteiger partial charge on any atom is 0.246 e. The first kappa shape index (κ1) is 21.3. The first-order valence-electron chi connectivity index (χ1n) is 11.0. The van der Waals surface area contributed by atoms with Crippen LogP contribution in [0.5, 0.6) is 0 Å². The molecule has 1 aromatic rings. The van der Waals surface area contributed by atoms with Gasteiger partial charge in [0.1, 0.15) is 4.90 Å². The molecular formula is C21H29Cl2N3O3S. The second kappa shape index (κ2) is 8.09. The SMILES string of the molecule is O=S(=O)(c1c(Cl)cc(NCC23CC(CO2)C3)cc1Cl)N1CCCC1CN1CCCC1. The molecule has 1 aromatic carbocycles. The molecule has 1 atom stereocenters. The highest BCUT2D eigenvalue weighted by Crippen LogP contribution is 2.48. The monoisotopic (exact) mass is 473 g/mol. The summed E-state index contributed by atoms with van der Waals surface area (Å²) >= 11 is 13.0. The van der Waals surface area contributed by atoms with E-state index in [9.17, 15) is 8.42 Å². The van der Waals surface area contributed by atoms with Crippen LogP contribution in [0, 0.1) is 5.92 Å². The van der Waals surface area contributed by atoms with Crippen molar-refractivity contribution in [1.29, 1.82) is 0 Å². The Hall–Kier alpha value is -0.570. The summed E-state index contributed by atoms with van der Waals surface area (Å²) in [7, 11) is -3.75. The fourth-order valence-corrected chi connectivity index (χ4v) is 8.43. The number of anilines is 1. The molecule has 30 heavy (non-hydrogen) atoms. The summed E-state index contributed by atoms with van der Waals surface area (Å²) in [6.45, 7) is 4.95. The number of hydrogen-bond donors (Lipinski definition) is 1. The summed E-state index contributed by atoms with van der Waals surface area (Å²) < 4.78 is 34.5. The Morgan fingerprint density at radius 1 is 1.10 bits per heavy atom. The molecule has 1 aliphatic carbocycles. The minimum atomic E-state index is -3.75. The van der Waals surface area contributed by atoms with Crippen LogP contribution in [0.25, 0.3) is 0 Å². The third kappa shape index (κ3) is 3.86. The number of rotatable bonds is 7. The zero-order valence-electron chi connectivity index (χ0n) is 17.1. The van der Waals surface area contributed by atoms with Crippen molar-refractivity contribution in [2.24, 2.45) is 5.92 Å². The molecule has 1 saturated carbocycles. The van der Waals surface area contributed by atoms with Gasteiger partial charge in [-0.3, -0.25) is 0 Å². The van der Waals surface area contributed by atoms with Gasteiger partial charge in [-0.2, -0.15) is 4.31 Å². The van der Waals surface area contributed by atoms with E-state index in [1.165, 1.54) is 12.8 Å². The molecule has 0 amide bonds. The lowest BCUT2D eigenvalue weighted by Gasteiger charge is -2.36. The van der Waals surface area contributed by atoms with Gasteiger partial charge in [0, 0.05) is 31.4 Å². The van der Waals surface area contributed by atoms with Crippen LogP contribution in [0.4, 0.5) is 5.69 Å². The number of nitrogens with zero attached hydrogens (tertiary/aromatic N) is 2. The maximum absolute atomic E-state index is 13.5. The van der Waals surface area contributed by atoms with Crippen LogP contribution in [0.2, 0.25) is 10.0 Å². The summed E-state index contributed by atoms with van der Waals surface area (Å²) in [6, 6.07) is 3.34. The molecule has 0 spiro atoms. The topological polar surface area (TPSA) is 61.9 Å². The lowest BCUT2D eigenvalue weighted by molar-refractivity contribution is 0.0145. The van der Waals surface area contributed by atoms with Gasteiger partial charge in [-0.1, -0.05) is 23.2 Å². The van der Waals surface area contributed by atoms with E-state index >= 15 is 0 Å². The Kier molecular flexibility index (Phi) is 5.74. The average Bonchev–Trinajstić information content (AvgIpc) is 3.44. The van der Waals surface area contributed by atoms with Crippen molar-refractivity contribution in [3.63, 3.8) is 0 Å². The first-order chi connectivity index (χ1) is 14.4. The highest BCUT2D eigenvalue weighted by molar-refractivity contribution is 7.89. The van der Waals surface area contributed by atoms with Gasteiger partial charge in [-0.25, -0.2) is 8.42 Å². The Balaban J connectivity index is 1.33. The summed E-state index contributed by atoms with van der Waals surface area (Å²) in [5.74, 6) is 0.695. The van der Waals surface area contributed by atoms with Crippen molar-refractivity contribution in [2.75, 3.05) is 44.6 Å². The highest BCUT2D eigenvalue weighted by atomic mass is 35.5. The smallest absolute Gasteiger partial charge is 0.246 e. The molecule has 1 unspecified atom stereocenters. The van der Waals surface area contributed by atoms with E-state index in [4.69, 9.17) is 27.9 Å². The van der Waals surface area contributed by atoms with E-state index in [0.29, 0.717) is 19.0 Å². The van der Waals surface area contributed by atoms with E-state index < -0.39 is 10.0 Å². The lowest BCUT2D eigenvalue weighted by Crippen LogP contribution is -2.43. The molecule has 1 N–H and O–H groups in total. The first-order valence-corrected chi connectivity index (χ1v) is 13.2. The minimum absolute atomic E-state index is 0.0109. The van der Waals surface area contributed by atoms with Crippen molar-refractivity contribution in [3.8, 4) is 0 Å². The molecule has 5 fully saturated rings. The van der Waals surface area contributed by atoms with Crippen LogP contribution in [0.3, 0.4) is 0 Å². The number of benzene rings is 1. The van der Waals surface area contributed by atoms with Crippen molar-refractivity contribution in [1.82, 2.24) is 9.21 Å². The highest BCUT2D eigenvalue weighted by Gasteiger charge is 2.51. The third-order valence-corrected chi connectivity index (χ3v) is 9.99. The number of nitrogens with one attached hydrogen (secondary N) is 1. The van der Waals surface area contributed by atoms with E-state index in [1.807, 2.05) is 0 Å². The normalized spacial score (nSPS) is 31.9. The van der Waals surface area contributed by atoms with Gasteiger partial charge < -0.3 is 15.0 Å². The fraction of sp³-hybridized carbons (Fsp3) is 0.714. The zero-order valence-corrected chi connectivity index (χ0v) is 19.4. The minimum Gasteiger partial charge on any atom is -0.382 e. The largest absolute Gasteiger partial charge is 0.382 e. The summed E-state index contributed by atoms with van der Waals surface area (Å²) in [6.07, 6.45) is 6.31. The fourth-order valence-electron chi connectivity index (χ4n) is 5.58. The molecule has 4 aliphatic heterocycles. The van der Waals surface area contributed by atoms with Crippen molar-refractivity contribution >= 4 is 38.9 Å². The maximum atomic E-state index is 13.5. The van der Waals surface area contributed by atoms with E-state index in [1.54, 1.807) is 16.4 Å². The standard InChI is InChI=1S/C21H29Cl2N3O3S/c22-18-8-16(24-14-21-10-15(11-21)13-29-21)9-19(23)20(18)30(27,28)26-7-3-4-17(26)12-25-5-1-2-6-25/h8-9,15,17,24H,1-7,10-14H2. The quantitative estimate of drug-likeness (QED) is 0.651. The van der Waals surface area contributed by atoms with Gasteiger partial charge in [0.25, 0.3) is 0 Å². The Labute approximate surface area is 188 Å². The van der Waals surface area contributed by atoms with Gasteiger partial charge in [0.2, 0.25) is 10.0 Å². The lowest BCUT2D eigenvalue weighted by atomic mass is 9.74. The van der Waals surface area contributed by atoms with Gasteiger partial charge in [-0.05, 0) is 69.7 Å². The van der Waals surface area contributed by atoms with Gasteiger partial charge in [0.15, 0.2) is 0 Å². The van der Waals surface area contributed by atoms with E-state index in [2.05, 4.69) is 10.2 Å². The van der Waals surface area contributed by atoms with Crippen LogP contribution >= 0.6 is 23.2 Å². The summed E-state index contributed by atoms with van der Waals surface area (Å²) in [5, 5.41) is 3.69. The van der Waals surface area contributed by atoms with Crippen molar-refractivity contribution in [2.45, 2.75) is 55.1 Å². The Bertz CT molecular complexity index is 886. The number of likely N-dealkylation sites (tertiary alicyclic amines) is 1. The molecule has 9 heteroatoms. The number of sulfonamides is 1. The second-order valence-electron chi connectivity index (χ2n) is 9.31. The number of hydrogen-bond acceptors (Lipinski definition) is 5. The third-order valence-electron chi connectivity index (χ3n) is 7.12. The predicted molar refractivity (Wildman–Crippen MR) is 119 cm³/mol. The molecule has 6 nitrogen and oxygen atoms in total. The Morgan fingerprint density at radius 2 is 1.80 bits per heavy atom. The van der Waals surface area contributed by atoms with Gasteiger partial charge in [-0.15, -0.1) is 0 Å². The van der Waals surface area contributed by atoms with Gasteiger partial charge >= 0.3 is 0 Å². The predicted octanol–water partition coefficient (Wildman–Crippen LogP) is 3.83. The number of halogens is 2. The van der Waals surface area contributed by atoms with Crippen molar-refractivity contribution in [3.05, 3.63) is 22.2 Å². The molecule has 0 aromatic heterocycles. The average molecular weight is 474 g/mol. The van der Waals surface area contributed by atoms with Crippen LogP contribution < -0.4 is 5.32 Å². The summed E-state index contributed by atoms with van der Waals surface area (Å²) in [4.78, 5) is 2.40. The second-order valence-corrected chi connectivity index (χ2v) is 12.0. The van der Waals surface area contributed by atoms with E-state index in [-0.39, 0.29) is 26.6 Å². The molecule has 6 rings (SSSR count). The molecule has 5 aliphatic rings. The molecule has 4 heterocycles. The molecule has 0 radical (unpaired) electrons. The Morgan fingerprint density at radius 3 is 2.43 bits per heavy atom. The summed E-state index contributed by atoms with van der Waals surface area (Å²) in [5.41, 5.74) is 0.652. The van der Waals surface area contributed by atoms with Crippen LogP contribution in [0.15, 0.2) is 17.0 Å². The number of ether oxygens (including phenoxy) is 1. The van der Waals surface area contributed by atoms with Gasteiger partial charge in [0.05, 0.1) is 22.3 Å². The van der Waals surface area contributed by atoms with Crippen LogP contribution in [0.1, 0.15) is 38.5 Å². The van der Waals surface area contributed by atoms with Crippen molar-refractivity contribution < 1.29 is 13.2 Å². The number of fused-ring (bicyclic) bond motifs is 1. The molecule has 2 bridgehead atoms. The zero-order chi connectivity index (χ0) is 20.9. The molecule has 166 valence electrons. The van der Waals surface area contributed by atoms with E-state index in [0.717, 1.165) is 57.6 Å². The van der Waals surface area contributed by atoms with Crippen LogP contribution in [-0.2, 0) is 14.8 Å². The molecular weight excluding hydrogens is 445 g/mol. The molecule has 4 saturated heterocycles.